The van der Waals surface area contributed by atoms with Gasteiger partial charge in [0.25, 0.3) is 0 Å². The Labute approximate surface area is 180 Å². The van der Waals surface area contributed by atoms with E-state index in [0.29, 0.717) is 50.5 Å². The molecule has 0 saturated carbocycles. The van der Waals surface area contributed by atoms with Crippen molar-refractivity contribution in [2.45, 2.75) is 33.1 Å². The van der Waals surface area contributed by atoms with E-state index in [1.807, 2.05) is 11.8 Å². The van der Waals surface area contributed by atoms with Gasteiger partial charge < -0.3 is 20.4 Å². The third kappa shape index (κ3) is 5.48. The number of piperazine rings is 1. The third-order valence-electron chi connectivity index (χ3n) is 5.21. The van der Waals surface area contributed by atoms with Crippen LogP contribution in [0.4, 0.5) is 11.2 Å². The number of benzene rings is 1. The summed E-state index contributed by atoms with van der Waals surface area (Å²) in [4.78, 5) is 26.5. The average molecular weight is 427 g/mol. The number of aromatic nitrogens is 1. The summed E-state index contributed by atoms with van der Waals surface area (Å²) in [6, 6.07) is 8.36. The van der Waals surface area contributed by atoms with Crippen molar-refractivity contribution in [2.24, 2.45) is 5.16 Å². The van der Waals surface area contributed by atoms with Gasteiger partial charge >= 0.3 is 0 Å². The Kier molecular flexibility index (Phi) is 7.63. The maximum atomic E-state index is 12.8. The highest BCUT2D eigenvalue weighted by Gasteiger charge is 2.24. The molecule has 1 saturated heterocycles. The molecule has 1 amide bonds. The van der Waals surface area contributed by atoms with Crippen LogP contribution in [0.15, 0.2) is 35.3 Å². The Morgan fingerprint density at radius 3 is 2.60 bits per heavy atom. The molecule has 2 N–H and O–H groups in total. The van der Waals surface area contributed by atoms with E-state index in [1.165, 1.54) is 5.56 Å². The molecule has 0 aliphatic carbocycles. The molecule has 0 bridgehead atoms. The van der Waals surface area contributed by atoms with Crippen molar-refractivity contribution in [3.05, 3.63) is 46.9 Å². The number of carbonyl (C=O) groups is 1. The molecule has 0 atom stereocenters. The lowest BCUT2D eigenvalue weighted by Gasteiger charge is -2.36. The fourth-order valence-corrected chi connectivity index (χ4v) is 4.00. The van der Waals surface area contributed by atoms with Crippen LogP contribution in [0.25, 0.3) is 0 Å². The van der Waals surface area contributed by atoms with Crippen LogP contribution in [0.5, 0.6) is 0 Å². The van der Waals surface area contributed by atoms with Crippen LogP contribution in [0.2, 0.25) is 0 Å². The van der Waals surface area contributed by atoms with Crippen molar-refractivity contribution >= 4 is 31.6 Å². The normalized spacial score (nSPS) is 14.8. The SMILES string of the molecule is CCO/N=C/c1c(N2CCN(C(=O)Cc3ccc(C(C)C)cc3)CC2)ncpc1N. The fraction of sp³-hybridized carbons (Fsp3) is 0.455. The van der Waals surface area contributed by atoms with Crippen molar-refractivity contribution in [2.75, 3.05) is 43.4 Å². The summed E-state index contributed by atoms with van der Waals surface area (Å²) in [6.45, 7) is 9.47. The van der Waals surface area contributed by atoms with E-state index < -0.39 is 0 Å². The van der Waals surface area contributed by atoms with Crippen molar-refractivity contribution in [1.29, 1.82) is 0 Å². The van der Waals surface area contributed by atoms with Crippen molar-refractivity contribution in [1.82, 2.24) is 9.88 Å². The van der Waals surface area contributed by atoms with Gasteiger partial charge in [0.2, 0.25) is 5.91 Å². The number of nitrogen functional groups attached to an aromatic ring is 1. The summed E-state index contributed by atoms with van der Waals surface area (Å²) < 4.78 is 0. The number of nitrogens with zero attached hydrogens (tertiary/aromatic N) is 4. The third-order valence-corrected chi connectivity index (χ3v) is 5.96. The van der Waals surface area contributed by atoms with Gasteiger partial charge in [-0.25, -0.2) is 4.98 Å². The second-order valence-corrected chi connectivity index (χ2v) is 8.56. The molecule has 1 fully saturated rings. The van der Waals surface area contributed by atoms with Crippen LogP contribution in [-0.2, 0) is 16.1 Å². The Morgan fingerprint density at radius 1 is 1.27 bits per heavy atom. The van der Waals surface area contributed by atoms with Gasteiger partial charge in [0.1, 0.15) is 12.4 Å². The molecule has 1 aliphatic heterocycles. The summed E-state index contributed by atoms with van der Waals surface area (Å²) in [5.74, 6) is 3.25. The molecular formula is C22H30N5O2P. The number of carbonyl (C=O) groups excluding carboxylic acids is 1. The van der Waals surface area contributed by atoms with E-state index in [2.05, 4.69) is 53.2 Å². The minimum atomic E-state index is 0.163. The molecule has 1 aromatic carbocycles. The lowest BCUT2D eigenvalue weighted by atomic mass is 10.0. The lowest BCUT2D eigenvalue weighted by Crippen LogP contribution is -2.49. The Morgan fingerprint density at radius 2 is 1.97 bits per heavy atom. The lowest BCUT2D eigenvalue weighted by molar-refractivity contribution is -0.130. The first-order valence-electron chi connectivity index (χ1n) is 10.4. The molecule has 0 radical (unpaired) electrons. The first-order chi connectivity index (χ1) is 14.5. The van der Waals surface area contributed by atoms with E-state index in [1.54, 1.807) is 12.1 Å². The average Bonchev–Trinajstić information content (AvgIpc) is 2.75. The first-order valence-corrected chi connectivity index (χ1v) is 11.3. The Hall–Kier alpha value is -2.66. The van der Waals surface area contributed by atoms with E-state index in [-0.39, 0.29) is 5.91 Å². The standard InChI is InChI=1S/C22H30N5O2P/c1-4-29-25-14-19-21(23)30-15-24-22(19)27-11-9-26(10-12-27)20(28)13-17-5-7-18(8-6-17)16(2)3/h5-8,14-16H,4,9-13H2,1-3H3,(H2,23,24)/b25-14+. The molecule has 0 spiro atoms. The monoisotopic (exact) mass is 427 g/mol. The van der Waals surface area contributed by atoms with E-state index >= 15 is 0 Å². The van der Waals surface area contributed by atoms with E-state index in [0.717, 1.165) is 25.1 Å². The second-order valence-electron chi connectivity index (χ2n) is 7.59. The van der Waals surface area contributed by atoms with Crippen LogP contribution >= 0.6 is 8.19 Å². The summed E-state index contributed by atoms with van der Waals surface area (Å²) in [5.41, 5.74) is 10.0. The molecule has 8 heteroatoms. The smallest absolute Gasteiger partial charge is 0.227 e. The van der Waals surface area contributed by atoms with Crippen LogP contribution in [0, 0.1) is 0 Å². The van der Waals surface area contributed by atoms with Gasteiger partial charge in [-0.05, 0) is 32.2 Å². The van der Waals surface area contributed by atoms with Gasteiger partial charge in [0.05, 0.1) is 29.5 Å². The molecule has 1 aromatic heterocycles. The minimum absolute atomic E-state index is 0.163. The number of rotatable bonds is 7. The molecular weight excluding hydrogens is 397 g/mol. The predicted molar refractivity (Wildman–Crippen MR) is 123 cm³/mol. The summed E-state index contributed by atoms with van der Waals surface area (Å²) in [5, 5.41) is 3.96. The van der Waals surface area contributed by atoms with E-state index in [4.69, 9.17) is 10.6 Å². The topological polar surface area (TPSA) is 84.0 Å². The van der Waals surface area contributed by atoms with Gasteiger partial charge in [-0.15, -0.1) is 0 Å². The second kappa shape index (κ2) is 10.4. The van der Waals surface area contributed by atoms with Gasteiger partial charge in [-0.3, -0.25) is 4.79 Å². The van der Waals surface area contributed by atoms with Crippen LogP contribution in [0.1, 0.15) is 43.4 Å². The molecule has 3 rings (SSSR count). The largest absolute Gasteiger partial charge is 0.396 e. The zero-order valence-electron chi connectivity index (χ0n) is 17.9. The number of hydrogen-bond acceptors (Lipinski definition) is 6. The number of amides is 1. The predicted octanol–water partition coefficient (Wildman–Crippen LogP) is 3.63. The number of hydrogen-bond donors (Lipinski definition) is 1. The molecule has 0 unspecified atom stereocenters. The molecule has 2 heterocycles. The van der Waals surface area contributed by atoms with Gasteiger partial charge in [-0.1, -0.05) is 43.3 Å². The highest BCUT2D eigenvalue weighted by Crippen LogP contribution is 2.28. The number of nitrogens with two attached hydrogens (primary N) is 1. The molecule has 1 aliphatic rings. The zero-order valence-corrected chi connectivity index (χ0v) is 18.8. The molecule has 2 aromatic rings. The van der Waals surface area contributed by atoms with Crippen molar-refractivity contribution in [3.63, 3.8) is 0 Å². The van der Waals surface area contributed by atoms with Gasteiger partial charge in [0, 0.05) is 26.2 Å². The molecule has 30 heavy (non-hydrogen) atoms. The van der Waals surface area contributed by atoms with E-state index in [9.17, 15) is 4.79 Å². The van der Waals surface area contributed by atoms with Crippen molar-refractivity contribution < 1.29 is 9.63 Å². The minimum Gasteiger partial charge on any atom is -0.396 e. The fourth-order valence-electron chi connectivity index (χ4n) is 3.41. The van der Waals surface area contributed by atoms with Crippen LogP contribution in [0.3, 0.4) is 0 Å². The Balaban J connectivity index is 1.61. The maximum Gasteiger partial charge on any atom is 0.227 e. The highest BCUT2D eigenvalue weighted by molar-refractivity contribution is 7.33. The van der Waals surface area contributed by atoms with Crippen molar-refractivity contribution in [3.8, 4) is 0 Å². The zero-order chi connectivity index (χ0) is 21.5. The molecule has 160 valence electrons. The quantitative estimate of drug-likeness (QED) is 0.539. The Bertz CT molecular complexity index is 878. The maximum absolute atomic E-state index is 12.8. The number of oxime groups is 1. The van der Waals surface area contributed by atoms with Gasteiger partial charge in [-0.2, -0.15) is 0 Å². The van der Waals surface area contributed by atoms with Gasteiger partial charge in [0.15, 0.2) is 0 Å². The molecule has 7 nitrogen and oxygen atoms in total. The first kappa shape index (κ1) is 22.0. The number of anilines is 2. The summed E-state index contributed by atoms with van der Waals surface area (Å²) in [6.07, 6.45) is 2.07. The summed E-state index contributed by atoms with van der Waals surface area (Å²) >= 11 is 0. The highest BCUT2D eigenvalue weighted by atomic mass is 31.0. The van der Waals surface area contributed by atoms with Crippen LogP contribution < -0.4 is 10.6 Å². The van der Waals surface area contributed by atoms with Crippen LogP contribution in [-0.4, -0.2) is 54.8 Å². The summed E-state index contributed by atoms with van der Waals surface area (Å²) in [7, 11) is 0.858.